The minimum absolute atomic E-state index is 0.00431. The highest BCUT2D eigenvalue weighted by atomic mass is 35.5. The van der Waals surface area contributed by atoms with Crippen molar-refractivity contribution in [3.63, 3.8) is 0 Å². The molecule has 2 atom stereocenters. The van der Waals surface area contributed by atoms with E-state index in [0.29, 0.717) is 75.6 Å². The Bertz CT molecular complexity index is 1440. The first kappa shape index (κ1) is 30.3. The van der Waals surface area contributed by atoms with E-state index in [2.05, 4.69) is 34.1 Å². The molecule has 0 saturated carbocycles. The predicted molar refractivity (Wildman–Crippen MR) is 166 cm³/mol. The van der Waals surface area contributed by atoms with E-state index in [0.717, 1.165) is 37.9 Å². The Balaban J connectivity index is 1.53. The third-order valence-corrected chi connectivity index (χ3v) is 8.75. The van der Waals surface area contributed by atoms with Crippen LogP contribution in [0.3, 0.4) is 0 Å². The van der Waals surface area contributed by atoms with Gasteiger partial charge < -0.3 is 29.7 Å². The maximum atomic E-state index is 12.0. The summed E-state index contributed by atoms with van der Waals surface area (Å²) < 4.78 is 16.6. The molecule has 0 aliphatic carbocycles. The van der Waals surface area contributed by atoms with Crippen LogP contribution < -0.4 is 20.1 Å². The molecule has 0 radical (unpaired) electrons. The molecule has 1 aromatic carbocycles. The van der Waals surface area contributed by atoms with Gasteiger partial charge in [-0.2, -0.15) is 0 Å². The topological polar surface area (TPSA) is 111 Å². The van der Waals surface area contributed by atoms with Crippen molar-refractivity contribution >= 4 is 51.7 Å². The second-order valence-corrected chi connectivity index (χ2v) is 11.6. The highest BCUT2D eigenvalue weighted by Gasteiger charge is 2.30. The van der Waals surface area contributed by atoms with E-state index >= 15 is 0 Å². The molecule has 4 heterocycles. The minimum Gasteiger partial charge on any atom is -0.495 e. The van der Waals surface area contributed by atoms with Gasteiger partial charge in [0, 0.05) is 42.1 Å². The number of piperidine rings is 1. The molecule has 2 aromatic heterocycles. The number of anilines is 2. The molecule has 2 aliphatic heterocycles. The summed E-state index contributed by atoms with van der Waals surface area (Å²) in [4.78, 5) is 28.8. The molecule has 0 bridgehead atoms. The number of ketones is 1. The van der Waals surface area contributed by atoms with Crippen molar-refractivity contribution in [3.05, 3.63) is 41.0 Å². The van der Waals surface area contributed by atoms with Gasteiger partial charge in [0.25, 0.3) is 0 Å². The van der Waals surface area contributed by atoms with Crippen molar-refractivity contribution in [2.45, 2.75) is 25.3 Å². The fraction of sp³-hybridized carbons (Fsp3) is 0.467. The first-order valence-corrected chi connectivity index (χ1v) is 14.8. The van der Waals surface area contributed by atoms with Gasteiger partial charge in [0.15, 0.2) is 11.6 Å². The van der Waals surface area contributed by atoms with E-state index in [9.17, 15) is 4.79 Å². The van der Waals surface area contributed by atoms with Gasteiger partial charge in [-0.05, 0) is 51.0 Å². The second kappa shape index (κ2) is 13.4. The molecule has 0 spiro atoms. The van der Waals surface area contributed by atoms with E-state index in [1.165, 1.54) is 20.3 Å². The third-order valence-electron chi connectivity index (χ3n) is 8.00. The smallest absolute Gasteiger partial charge is 0.223 e. The molecule has 2 aliphatic rings. The van der Waals surface area contributed by atoms with Crippen LogP contribution in [0, 0.1) is 11.8 Å². The number of methoxy groups -OCH3 is 2. The fourth-order valence-electron chi connectivity index (χ4n) is 5.44. The maximum Gasteiger partial charge on any atom is 0.223 e. The predicted octanol–water partition coefficient (Wildman–Crippen LogP) is 5.34. The number of benzene rings is 1. The Labute approximate surface area is 255 Å². The SMILES string of the molecule is C=CC(=O)C[C@H]1COC[C@H]1Nc1ncc2cc(-c3c(Cl)c(OC)cc(OC)c3Cl)nc(NCC3CCN(C)CC3)c2n1. The number of nitrogens with one attached hydrogen (secondary N) is 2. The highest BCUT2D eigenvalue weighted by Crippen LogP contribution is 2.46. The normalized spacial score (nSPS) is 19.5. The zero-order valence-electron chi connectivity index (χ0n) is 24.1. The van der Waals surface area contributed by atoms with E-state index in [-0.39, 0.29) is 17.7 Å². The number of aromatic nitrogens is 3. The number of halogens is 2. The summed E-state index contributed by atoms with van der Waals surface area (Å²) >= 11 is 13.5. The van der Waals surface area contributed by atoms with Gasteiger partial charge in [0.1, 0.15) is 17.0 Å². The average Bonchev–Trinajstić information content (AvgIpc) is 3.42. The van der Waals surface area contributed by atoms with Crippen LogP contribution in [0.2, 0.25) is 10.0 Å². The highest BCUT2D eigenvalue weighted by molar-refractivity contribution is 6.41. The van der Waals surface area contributed by atoms with Crippen LogP contribution in [0.25, 0.3) is 22.2 Å². The Morgan fingerprint density at radius 1 is 1.14 bits per heavy atom. The number of pyridine rings is 1. The first-order valence-electron chi connectivity index (χ1n) is 14.0. The van der Waals surface area contributed by atoms with Crippen LogP contribution in [-0.4, -0.2) is 85.8 Å². The second-order valence-electron chi connectivity index (χ2n) is 10.8. The number of fused-ring (bicyclic) bond motifs is 1. The van der Waals surface area contributed by atoms with Gasteiger partial charge >= 0.3 is 0 Å². The average molecular weight is 616 g/mol. The van der Waals surface area contributed by atoms with Gasteiger partial charge in [-0.3, -0.25) is 4.79 Å². The van der Waals surface area contributed by atoms with Crippen LogP contribution >= 0.6 is 23.2 Å². The van der Waals surface area contributed by atoms with Crippen LogP contribution in [0.1, 0.15) is 19.3 Å². The number of rotatable bonds is 11. The molecular weight excluding hydrogens is 579 g/mol. The summed E-state index contributed by atoms with van der Waals surface area (Å²) in [5, 5.41) is 8.36. The van der Waals surface area contributed by atoms with Gasteiger partial charge in [-0.1, -0.05) is 29.8 Å². The number of hydrogen-bond donors (Lipinski definition) is 2. The standard InChI is InChI=1S/C30H36Cl2N6O4/c1-5-20(39)10-19-15-42-16-22(19)36-30-34-14-18-11-21(25-26(31)23(40-3)12-24(41-4)27(25)32)35-29(28(18)37-30)33-13-17-6-8-38(2)9-7-17/h5,11-12,14,17,19,22H,1,6-10,13,15-16H2,2-4H3,(H,33,35)(H,34,36,37)/t19-,22+/m0/s1. The summed E-state index contributed by atoms with van der Waals surface area (Å²) in [6.45, 7) is 7.41. The third kappa shape index (κ3) is 6.57. The van der Waals surface area contributed by atoms with E-state index in [4.69, 9.17) is 47.4 Å². The van der Waals surface area contributed by atoms with Gasteiger partial charge in [-0.25, -0.2) is 15.0 Å². The quantitative estimate of drug-likeness (QED) is 0.274. The van der Waals surface area contributed by atoms with Crippen LogP contribution in [0.4, 0.5) is 11.8 Å². The fourth-order valence-corrected chi connectivity index (χ4v) is 6.14. The Morgan fingerprint density at radius 3 is 2.52 bits per heavy atom. The molecule has 2 N–H and O–H groups in total. The molecule has 42 heavy (non-hydrogen) atoms. The number of hydrogen-bond acceptors (Lipinski definition) is 10. The van der Waals surface area contributed by atoms with Crippen molar-refractivity contribution in [1.82, 2.24) is 19.9 Å². The number of nitrogens with zero attached hydrogens (tertiary/aromatic N) is 4. The molecule has 3 aromatic rings. The van der Waals surface area contributed by atoms with Crippen molar-refractivity contribution in [1.29, 1.82) is 0 Å². The first-order chi connectivity index (χ1) is 20.3. The number of likely N-dealkylation sites (tertiary alicyclic amines) is 1. The summed E-state index contributed by atoms with van der Waals surface area (Å²) in [5.74, 6) is 2.38. The molecule has 224 valence electrons. The van der Waals surface area contributed by atoms with Gasteiger partial charge in [0.2, 0.25) is 5.95 Å². The van der Waals surface area contributed by atoms with E-state index < -0.39 is 0 Å². The zero-order valence-corrected chi connectivity index (χ0v) is 25.6. The molecule has 2 fully saturated rings. The van der Waals surface area contributed by atoms with Crippen molar-refractivity contribution in [2.75, 3.05) is 64.7 Å². The summed E-state index contributed by atoms with van der Waals surface area (Å²) in [6, 6.07) is 3.41. The van der Waals surface area contributed by atoms with Crippen molar-refractivity contribution in [2.24, 2.45) is 11.8 Å². The number of carbonyl (C=O) groups is 1. The summed E-state index contributed by atoms with van der Waals surface area (Å²) in [6.07, 6.45) is 5.65. The lowest BCUT2D eigenvalue weighted by Crippen LogP contribution is -2.33. The molecule has 0 unspecified atom stereocenters. The van der Waals surface area contributed by atoms with Crippen LogP contribution in [0.5, 0.6) is 11.5 Å². The van der Waals surface area contributed by atoms with E-state index in [1.807, 2.05) is 6.07 Å². The lowest BCUT2D eigenvalue weighted by molar-refractivity contribution is -0.115. The molecular formula is C30H36Cl2N6O4. The van der Waals surface area contributed by atoms with Gasteiger partial charge in [0.05, 0.1) is 49.2 Å². The minimum atomic E-state index is -0.101. The Morgan fingerprint density at radius 2 is 1.86 bits per heavy atom. The van der Waals surface area contributed by atoms with Crippen molar-refractivity contribution < 1.29 is 19.0 Å². The maximum absolute atomic E-state index is 12.0. The summed E-state index contributed by atoms with van der Waals surface area (Å²) in [5.41, 5.74) is 1.69. The van der Waals surface area contributed by atoms with E-state index in [1.54, 1.807) is 12.3 Å². The van der Waals surface area contributed by atoms with Gasteiger partial charge in [-0.15, -0.1) is 0 Å². The molecule has 0 amide bonds. The van der Waals surface area contributed by atoms with Crippen LogP contribution in [0.15, 0.2) is 31.0 Å². The number of carbonyl (C=O) groups excluding carboxylic acids is 1. The zero-order chi connectivity index (χ0) is 29.8. The largest absolute Gasteiger partial charge is 0.495 e. The lowest BCUT2D eigenvalue weighted by Gasteiger charge is -2.29. The Hall–Kier alpha value is -3.18. The molecule has 12 heteroatoms. The summed E-state index contributed by atoms with van der Waals surface area (Å²) in [7, 11) is 5.23. The Kier molecular flexibility index (Phi) is 9.67. The molecule has 5 rings (SSSR count). The number of ether oxygens (including phenoxy) is 3. The molecule has 10 nitrogen and oxygen atoms in total. The van der Waals surface area contributed by atoms with Crippen LogP contribution in [-0.2, 0) is 9.53 Å². The number of allylic oxidation sites excluding steroid dienone is 1. The van der Waals surface area contributed by atoms with Crippen molar-refractivity contribution in [3.8, 4) is 22.8 Å². The monoisotopic (exact) mass is 614 g/mol. The lowest BCUT2D eigenvalue weighted by atomic mass is 9.97. The molecule has 2 saturated heterocycles.